The molecule has 0 amide bonds. The second-order valence-corrected chi connectivity index (χ2v) is 8.04. The summed E-state index contributed by atoms with van der Waals surface area (Å²) in [4.78, 5) is 0. The molecule has 2 nitrogen and oxygen atoms in total. The fourth-order valence-corrected chi connectivity index (χ4v) is 4.12. The summed E-state index contributed by atoms with van der Waals surface area (Å²) in [6, 6.07) is 17.8. The first-order valence-corrected chi connectivity index (χ1v) is 10.4. The van der Waals surface area contributed by atoms with Crippen molar-refractivity contribution in [2.45, 2.75) is 31.0 Å². The minimum absolute atomic E-state index is 0.242. The molecule has 2 aromatic carbocycles. The molecule has 1 saturated heterocycles. The number of allylic oxidation sites excluding steroid dienone is 4. The molecule has 5 heteroatoms. The summed E-state index contributed by atoms with van der Waals surface area (Å²) < 4.78 is 47.9. The van der Waals surface area contributed by atoms with Crippen LogP contribution in [-0.2, 0) is 17.3 Å². The van der Waals surface area contributed by atoms with E-state index in [1.807, 2.05) is 48.6 Å². The minimum Gasteiger partial charge on any atom is -0.373 e. The summed E-state index contributed by atoms with van der Waals surface area (Å²) in [6.45, 7) is 0.755. The van der Waals surface area contributed by atoms with Crippen LogP contribution >= 0.6 is 0 Å². The molecule has 1 fully saturated rings. The first-order chi connectivity index (χ1) is 15.0. The number of benzene rings is 2. The molecule has 0 radical (unpaired) electrons. The molecule has 1 aromatic heterocycles. The standard InChI is InChI=1S/C26H22F3NO/c27-26(28,29)25-15-14-24(21-10-8-20(9-11-21)19-4-2-1-3-5-19)30(25)22-12-6-18(7-13-22)16-23-17-31-23/h1-4,6-15,19,23H,5,16-17H2. The number of halogens is 3. The van der Waals surface area contributed by atoms with Gasteiger partial charge in [0.25, 0.3) is 0 Å². The van der Waals surface area contributed by atoms with E-state index < -0.39 is 11.9 Å². The van der Waals surface area contributed by atoms with Gasteiger partial charge in [0, 0.05) is 18.0 Å². The first kappa shape index (κ1) is 19.9. The lowest BCUT2D eigenvalue weighted by Crippen LogP contribution is -2.13. The summed E-state index contributed by atoms with van der Waals surface area (Å²) in [5.41, 5.74) is 3.32. The van der Waals surface area contributed by atoms with Crippen molar-refractivity contribution in [1.29, 1.82) is 0 Å². The Hall–Kier alpha value is -3.05. The third-order valence-corrected chi connectivity index (χ3v) is 5.85. The van der Waals surface area contributed by atoms with Crippen LogP contribution in [0.4, 0.5) is 13.2 Å². The van der Waals surface area contributed by atoms with Crippen molar-refractivity contribution in [2.24, 2.45) is 0 Å². The van der Waals surface area contributed by atoms with Gasteiger partial charge in [0.2, 0.25) is 0 Å². The number of aromatic nitrogens is 1. The van der Waals surface area contributed by atoms with Crippen LogP contribution in [0, 0.1) is 0 Å². The molecule has 31 heavy (non-hydrogen) atoms. The van der Waals surface area contributed by atoms with Crippen LogP contribution in [0.2, 0.25) is 0 Å². The Morgan fingerprint density at radius 2 is 1.65 bits per heavy atom. The zero-order chi connectivity index (χ0) is 21.4. The molecule has 0 saturated carbocycles. The second-order valence-electron chi connectivity index (χ2n) is 8.04. The average Bonchev–Trinajstić information content (AvgIpc) is 3.47. The van der Waals surface area contributed by atoms with E-state index in [2.05, 4.69) is 12.2 Å². The molecule has 1 aliphatic carbocycles. The maximum atomic E-state index is 13.8. The highest BCUT2D eigenvalue weighted by Crippen LogP contribution is 2.37. The molecule has 1 aliphatic heterocycles. The smallest absolute Gasteiger partial charge is 0.373 e. The highest BCUT2D eigenvalue weighted by Gasteiger charge is 2.36. The predicted molar refractivity (Wildman–Crippen MR) is 115 cm³/mol. The molecule has 3 aromatic rings. The number of ether oxygens (including phenoxy) is 1. The van der Waals surface area contributed by atoms with Crippen molar-refractivity contribution in [1.82, 2.24) is 4.57 Å². The molecule has 0 N–H and O–H groups in total. The van der Waals surface area contributed by atoms with Crippen molar-refractivity contribution >= 4 is 0 Å². The summed E-state index contributed by atoms with van der Waals surface area (Å²) in [5.74, 6) is 0.305. The van der Waals surface area contributed by atoms with Gasteiger partial charge in [-0.25, -0.2) is 0 Å². The molecule has 0 spiro atoms. The third kappa shape index (κ3) is 4.23. The summed E-state index contributed by atoms with van der Waals surface area (Å²) in [7, 11) is 0. The maximum Gasteiger partial charge on any atom is 0.431 e. The quantitative estimate of drug-likeness (QED) is 0.419. The van der Waals surface area contributed by atoms with Crippen LogP contribution in [0.3, 0.4) is 0 Å². The number of epoxide rings is 1. The van der Waals surface area contributed by atoms with Crippen LogP contribution in [0.1, 0.15) is 29.2 Å². The van der Waals surface area contributed by atoms with Gasteiger partial charge in [-0.3, -0.25) is 0 Å². The lowest BCUT2D eigenvalue weighted by molar-refractivity contribution is -0.142. The zero-order valence-corrected chi connectivity index (χ0v) is 16.8. The zero-order valence-electron chi connectivity index (χ0n) is 16.8. The van der Waals surface area contributed by atoms with E-state index in [-0.39, 0.29) is 6.10 Å². The highest BCUT2D eigenvalue weighted by atomic mass is 19.4. The molecule has 2 heterocycles. The Labute approximate surface area is 179 Å². The normalized spacial score (nSPS) is 20.2. The summed E-state index contributed by atoms with van der Waals surface area (Å²) in [5, 5.41) is 0. The minimum atomic E-state index is -4.45. The van der Waals surface area contributed by atoms with Crippen molar-refractivity contribution in [3.05, 3.63) is 102 Å². The molecule has 2 atom stereocenters. The maximum absolute atomic E-state index is 13.8. The van der Waals surface area contributed by atoms with Gasteiger partial charge in [0.05, 0.1) is 18.4 Å². The van der Waals surface area contributed by atoms with Crippen LogP contribution in [0.15, 0.2) is 85.0 Å². The Morgan fingerprint density at radius 1 is 0.903 bits per heavy atom. The van der Waals surface area contributed by atoms with Gasteiger partial charge in [-0.2, -0.15) is 13.2 Å². The molecule has 5 rings (SSSR count). The molecule has 2 aliphatic rings. The molecule has 2 unspecified atom stereocenters. The Kier molecular flexibility index (Phi) is 5.06. The highest BCUT2D eigenvalue weighted by molar-refractivity contribution is 5.65. The predicted octanol–water partition coefficient (Wildman–Crippen LogP) is 6.70. The monoisotopic (exact) mass is 421 g/mol. The van der Waals surface area contributed by atoms with E-state index >= 15 is 0 Å². The Bertz CT molecular complexity index is 1120. The van der Waals surface area contributed by atoms with Crippen LogP contribution in [-0.4, -0.2) is 17.3 Å². The van der Waals surface area contributed by atoms with E-state index in [0.717, 1.165) is 42.2 Å². The van der Waals surface area contributed by atoms with Gasteiger partial charge >= 0.3 is 6.18 Å². The van der Waals surface area contributed by atoms with Crippen molar-refractivity contribution in [2.75, 3.05) is 6.61 Å². The average molecular weight is 421 g/mol. The van der Waals surface area contributed by atoms with Gasteiger partial charge in [0.1, 0.15) is 5.69 Å². The number of nitrogens with zero attached hydrogens (tertiary/aromatic N) is 1. The lowest BCUT2D eigenvalue weighted by Gasteiger charge is -2.17. The summed E-state index contributed by atoms with van der Waals surface area (Å²) >= 11 is 0. The SMILES string of the molecule is FC(F)(F)c1ccc(-c2ccc(C3C=CC=CC3)cc2)n1-c1ccc(CC2CO2)cc1. The van der Waals surface area contributed by atoms with E-state index in [1.165, 1.54) is 4.57 Å². The van der Waals surface area contributed by atoms with Crippen LogP contribution in [0.5, 0.6) is 0 Å². The molecular formula is C26H22F3NO. The van der Waals surface area contributed by atoms with Gasteiger partial charge < -0.3 is 9.30 Å². The van der Waals surface area contributed by atoms with E-state index in [0.29, 0.717) is 17.3 Å². The number of alkyl halides is 3. The van der Waals surface area contributed by atoms with Gasteiger partial charge in [-0.1, -0.05) is 60.7 Å². The number of hydrogen-bond donors (Lipinski definition) is 0. The van der Waals surface area contributed by atoms with Crippen LogP contribution < -0.4 is 0 Å². The van der Waals surface area contributed by atoms with E-state index in [4.69, 9.17) is 4.74 Å². The Balaban J connectivity index is 1.51. The lowest BCUT2D eigenvalue weighted by atomic mass is 9.92. The molecule has 0 bridgehead atoms. The Morgan fingerprint density at radius 3 is 2.26 bits per heavy atom. The fraction of sp³-hybridized carbons (Fsp3) is 0.231. The van der Waals surface area contributed by atoms with Crippen molar-refractivity contribution < 1.29 is 17.9 Å². The van der Waals surface area contributed by atoms with Crippen molar-refractivity contribution in [3.8, 4) is 16.9 Å². The van der Waals surface area contributed by atoms with Gasteiger partial charge in [0.15, 0.2) is 0 Å². The third-order valence-electron chi connectivity index (χ3n) is 5.85. The summed E-state index contributed by atoms with van der Waals surface area (Å²) in [6.07, 6.45) is 5.84. The van der Waals surface area contributed by atoms with Crippen molar-refractivity contribution in [3.63, 3.8) is 0 Å². The number of rotatable bonds is 5. The van der Waals surface area contributed by atoms with E-state index in [9.17, 15) is 13.2 Å². The van der Waals surface area contributed by atoms with E-state index in [1.54, 1.807) is 18.2 Å². The van der Waals surface area contributed by atoms with Gasteiger partial charge in [-0.15, -0.1) is 0 Å². The van der Waals surface area contributed by atoms with Gasteiger partial charge in [-0.05, 0) is 47.4 Å². The fourth-order valence-electron chi connectivity index (χ4n) is 4.12. The molecular weight excluding hydrogens is 399 g/mol. The topological polar surface area (TPSA) is 17.5 Å². The second kappa shape index (κ2) is 7.89. The van der Waals surface area contributed by atoms with Crippen LogP contribution in [0.25, 0.3) is 16.9 Å². The molecule has 158 valence electrons. The number of hydrogen-bond acceptors (Lipinski definition) is 1. The largest absolute Gasteiger partial charge is 0.431 e. The first-order valence-electron chi connectivity index (χ1n) is 10.4.